The number of hydrogen-bond acceptors (Lipinski definition) is 17. The number of Topliss-reactive ketones (excluding diaryl/α,β-unsaturated/α-hetero) is 1. The Hall–Kier alpha value is -5.69. The number of benzene rings is 5. The summed E-state index contributed by atoms with van der Waals surface area (Å²) in [4.78, 5) is 69.1. The molecule has 17 heteroatoms. The monoisotopic (exact) mass is 912 g/mol. The van der Waals surface area contributed by atoms with Crippen LogP contribution in [-0.2, 0) is 51.3 Å². The SMILES string of the molecule is COCCOCCC(=O)OCC1(Nc2c(O)c3c(=O)cc(CO)c4c5c(CO)cc(NC6(COC(=O)CCOCCCO)CC6)c6c(=O)c(OC)c7c(c(c2C=C(C)C7C(C)=O)c34)c65)CC1. The number of aliphatic hydroxyl groups is 3. The Morgan fingerprint density at radius 3 is 1.88 bits per heavy atom. The zero-order valence-corrected chi connectivity index (χ0v) is 37.6. The number of ether oxygens (including phenoxy) is 6. The van der Waals surface area contributed by atoms with Gasteiger partial charge in [-0.3, -0.25) is 24.0 Å². The van der Waals surface area contributed by atoms with E-state index in [0.717, 1.165) is 0 Å². The zero-order valence-electron chi connectivity index (χ0n) is 37.6. The van der Waals surface area contributed by atoms with E-state index < -0.39 is 58.8 Å². The first kappa shape index (κ1) is 46.8. The fraction of sp³-hybridized carbons (Fsp3) is 0.490. The van der Waals surface area contributed by atoms with Crippen LogP contribution in [0.3, 0.4) is 0 Å². The molecule has 0 aromatic heterocycles. The first-order valence-electron chi connectivity index (χ1n) is 22.3. The lowest BCUT2D eigenvalue weighted by atomic mass is 9.79. The number of aromatic hydroxyl groups is 1. The second-order valence-corrected chi connectivity index (χ2v) is 17.7. The van der Waals surface area contributed by atoms with Crippen LogP contribution in [-0.4, -0.2) is 116 Å². The summed E-state index contributed by atoms with van der Waals surface area (Å²) in [7, 11) is 2.90. The Morgan fingerprint density at radius 2 is 1.32 bits per heavy atom. The third-order valence-electron chi connectivity index (χ3n) is 13.1. The molecule has 6 N–H and O–H groups in total. The number of esters is 2. The summed E-state index contributed by atoms with van der Waals surface area (Å²) in [6.07, 6.45) is 4.48. The molecular formula is C49H56N2O15. The standard InChI is InChI=1S/C49H56N2O15/c1-25-18-29-37-40-36(28(22-54)20-31(56)39(40)45(59)44(29)51-49(10-11-49)24-66-33(58)7-15-64-17-16-61-3)35-27(21-53)19-30(50-48(8-9-48)23-65-32(57)6-14-63-13-5-12-52)38-41(35)42(37)43(34(25)26(2)55)47(62-4)46(38)60/h18-20,34,50-54,59H,5-17,21-24H2,1-4H3. The van der Waals surface area contributed by atoms with E-state index in [4.69, 9.17) is 33.5 Å². The number of phenols is 1. The maximum absolute atomic E-state index is 15.2. The van der Waals surface area contributed by atoms with Gasteiger partial charge in [0.25, 0.3) is 0 Å². The van der Waals surface area contributed by atoms with Gasteiger partial charge in [0.2, 0.25) is 5.43 Å². The number of fused-ring (bicyclic) bond motifs is 1. The van der Waals surface area contributed by atoms with E-state index in [9.17, 15) is 34.5 Å². The van der Waals surface area contributed by atoms with Crippen molar-refractivity contribution in [3.8, 4) is 11.5 Å². The van der Waals surface area contributed by atoms with E-state index >= 15 is 4.79 Å². The molecule has 0 heterocycles. The summed E-state index contributed by atoms with van der Waals surface area (Å²) in [5, 5.41) is 52.7. The highest BCUT2D eigenvalue weighted by molar-refractivity contribution is 6.39. The Morgan fingerprint density at radius 1 is 0.727 bits per heavy atom. The van der Waals surface area contributed by atoms with Gasteiger partial charge in [0, 0.05) is 53.3 Å². The molecule has 17 nitrogen and oxygen atoms in total. The molecule has 2 fully saturated rings. The van der Waals surface area contributed by atoms with Gasteiger partial charge in [-0.1, -0.05) is 11.6 Å². The van der Waals surface area contributed by atoms with E-state index in [1.165, 1.54) is 20.1 Å². The molecule has 3 aliphatic carbocycles. The molecule has 0 aliphatic heterocycles. The molecule has 0 radical (unpaired) electrons. The van der Waals surface area contributed by atoms with Crippen molar-refractivity contribution in [3.63, 3.8) is 0 Å². The number of carbonyl (C=O) groups is 3. The van der Waals surface area contributed by atoms with Gasteiger partial charge in [-0.25, -0.2) is 0 Å². The Kier molecular flexibility index (Phi) is 13.4. The van der Waals surface area contributed by atoms with Crippen molar-refractivity contribution in [2.75, 3.05) is 77.7 Å². The van der Waals surface area contributed by atoms with Crippen molar-refractivity contribution in [1.82, 2.24) is 0 Å². The lowest BCUT2D eigenvalue weighted by Crippen LogP contribution is -2.30. The molecule has 0 amide bonds. The summed E-state index contributed by atoms with van der Waals surface area (Å²) in [6, 6.07) is 2.87. The van der Waals surface area contributed by atoms with Crippen LogP contribution in [0.4, 0.5) is 11.4 Å². The van der Waals surface area contributed by atoms with Gasteiger partial charge < -0.3 is 59.5 Å². The van der Waals surface area contributed by atoms with E-state index in [0.29, 0.717) is 101 Å². The minimum absolute atomic E-state index is 0.00194. The van der Waals surface area contributed by atoms with E-state index in [1.807, 2.05) is 0 Å². The molecule has 3 aliphatic rings. The Balaban J connectivity index is 1.34. The van der Waals surface area contributed by atoms with E-state index in [2.05, 4.69) is 10.6 Å². The lowest BCUT2D eigenvalue weighted by molar-refractivity contribution is -0.146. The maximum Gasteiger partial charge on any atom is 0.308 e. The van der Waals surface area contributed by atoms with Crippen molar-refractivity contribution in [2.45, 2.75) is 89.0 Å². The van der Waals surface area contributed by atoms with Crippen LogP contribution < -0.4 is 26.2 Å². The predicted molar refractivity (Wildman–Crippen MR) is 246 cm³/mol. The molecular weight excluding hydrogens is 857 g/mol. The molecule has 352 valence electrons. The number of anilines is 2. The van der Waals surface area contributed by atoms with Crippen molar-refractivity contribution in [1.29, 1.82) is 0 Å². The third kappa shape index (κ3) is 8.48. The maximum atomic E-state index is 15.2. The average molecular weight is 913 g/mol. The summed E-state index contributed by atoms with van der Waals surface area (Å²) in [5.74, 6) is -2.83. The average Bonchev–Trinajstić information content (AvgIpc) is 4.24. The minimum Gasteiger partial charge on any atom is -0.505 e. The lowest BCUT2D eigenvalue weighted by Gasteiger charge is -2.28. The van der Waals surface area contributed by atoms with Crippen LogP contribution in [0.1, 0.15) is 87.0 Å². The van der Waals surface area contributed by atoms with Crippen LogP contribution in [0, 0.1) is 0 Å². The molecule has 1 atom stereocenters. The summed E-state index contributed by atoms with van der Waals surface area (Å²) in [5.41, 5.74) is -0.629. The number of allylic oxidation sites excluding steroid dienone is 1. The van der Waals surface area contributed by atoms with Crippen LogP contribution in [0.25, 0.3) is 49.2 Å². The van der Waals surface area contributed by atoms with Crippen LogP contribution >= 0.6 is 0 Å². The third-order valence-corrected chi connectivity index (χ3v) is 13.1. The highest BCUT2D eigenvalue weighted by atomic mass is 16.5. The number of aliphatic hydroxyl groups excluding tert-OH is 3. The van der Waals surface area contributed by atoms with Crippen molar-refractivity contribution in [3.05, 3.63) is 60.4 Å². The quantitative estimate of drug-likeness (QED) is 0.0164. The second-order valence-electron chi connectivity index (χ2n) is 17.7. The van der Waals surface area contributed by atoms with Crippen LogP contribution in [0.2, 0.25) is 0 Å². The van der Waals surface area contributed by atoms with Gasteiger partial charge in [-0.2, -0.15) is 0 Å². The number of hydrogen-bond donors (Lipinski definition) is 6. The zero-order chi connectivity index (χ0) is 47.1. The molecule has 0 bridgehead atoms. The van der Waals surface area contributed by atoms with Gasteiger partial charge in [0.05, 0.1) is 93.0 Å². The normalized spacial score (nSPS) is 16.8. The van der Waals surface area contributed by atoms with Crippen molar-refractivity contribution < 1.29 is 63.2 Å². The Labute approximate surface area is 379 Å². The molecule has 0 saturated heterocycles. The number of ketones is 1. The molecule has 66 heavy (non-hydrogen) atoms. The van der Waals surface area contributed by atoms with Gasteiger partial charge >= 0.3 is 11.9 Å². The molecule has 1 unspecified atom stereocenters. The summed E-state index contributed by atoms with van der Waals surface area (Å²) in [6.45, 7) is 3.16. The molecule has 8 rings (SSSR count). The number of methoxy groups -OCH3 is 2. The number of phenolic OH excluding ortho intramolecular Hbond substituents is 1. The van der Waals surface area contributed by atoms with E-state index in [-0.39, 0.29) is 90.4 Å². The van der Waals surface area contributed by atoms with Gasteiger partial charge in [-0.05, 0) is 85.4 Å². The Bertz CT molecular complexity index is 2870. The molecule has 5 aromatic carbocycles. The molecule has 2 saturated carbocycles. The van der Waals surface area contributed by atoms with Crippen molar-refractivity contribution >= 4 is 78.3 Å². The summed E-state index contributed by atoms with van der Waals surface area (Å²) >= 11 is 0. The molecule has 5 aromatic rings. The van der Waals surface area contributed by atoms with Gasteiger partial charge in [0.1, 0.15) is 19.0 Å². The van der Waals surface area contributed by atoms with Crippen LogP contribution in [0.15, 0.2) is 27.3 Å². The van der Waals surface area contributed by atoms with Crippen molar-refractivity contribution in [2.24, 2.45) is 0 Å². The second kappa shape index (κ2) is 18.9. The number of nitrogens with one attached hydrogen (secondary N) is 2. The predicted octanol–water partition coefficient (Wildman–Crippen LogP) is 4.50. The highest BCUT2D eigenvalue weighted by Crippen LogP contribution is 2.56. The van der Waals surface area contributed by atoms with E-state index in [1.54, 1.807) is 26.2 Å². The number of carbonyl (C=O) groups excluding carboxylic acids is 3. The minimum atomic E-state index is -1.04. The largest absolute Gasteiger partial charge is 0.505 e. The molecule has 0 spiro atoms. The highest BCUT2D eigenvalue weighted by Gasteiger charge is 2.47. The first-order valence-corrected chi connectivity index (χ1v) is 22.3. The first-order chi connectivity index (χ1) is 31.8. The smallest absolute Gasteiger partial charge is 0.308 e. The fourth-order valence-corrected chi connectivity index (χ4v) is 9.54. The summed E-state index contributed by atoms with van der Waals surface area (Å²) < 4.78 is 33.2. The van der Waals surface area contributed by atoms with Gasteiger partial charge in [-0.15, -0.1) is 0 Å². The van der Waals surface area contributed by atoms with Crippen LogP contribution in [0.5, 0.6) is 11.5 Å². The number of rotatable bonds is 24. The fourth-order valence-electron chi connectivity index (χ4n) is 9.54. The van der Waals surface area contributed by atoms with Gasteiger partial charge in [0.15, 0.2) is 16.9 Å². The topological polar surface area (TPSA) is 246 Å².